The van der Waals surface area contributed by atoms with Crippen LogP contribution in [0.2, 0.25) is 0 Å². The van der Waals surface area contributed by atoms with Gasteiger partial charge in [0.2, 0.25) is 0 Å². The summed E-state index contributed by atoms with van der Waals surface area (Å²) < 4.78 is 13.0. The number of carbonyl (C=O) groups is 1. The number of piperidine rings is 1. The van der Waals surface area contributed by atoms with Gasteiger partial charge >= 0.3 is 0 Å². The number of hydrogen-bond donors (Lipinski definition) is 2. The van der Waals surface area contributed by atoms with E-state index in [1.54, 1.807) is 6.07 Å². The number of aromatic nitrogens is 2. The molecule has 2 fully saturated rings. The Balaban J connectivity index is 0.00000210. The zero-order chi connectivity index (χ0) is 17.8. The highest BCUT2D eigenvalue weighted by molar-refractivity contribution is 6.02. The Labute approximate surface area is 164 Å². The van der Waals surface area contributed by atoms with E-state index in [-0.39, 0.29) is 24.4 Å². The van der Waals surface area contributed by atoms with Crippen LogP contribution in [0.4, 0.5) is 5.69 Å². The van der Waals surface area contributed by atoms with Gasteiger partial charge in [-0.3, -0.25) is 9.48 Å². The predicted octanol–water partition coefficient (Wildman–Crippen LogP) is 2.65. The van der Waals surface area contributed by atoms with Crippen molar-refractivity contribution in [2.24, 2.45) is 0 Å². The monoisotopic (exact) mass is 392 g/mol. The second kappa shape index (κ2) is 9.21. The van der Waals surface area contributed by atoms with Crippen LogP contribution >= 0.6 is 12.4 Å². The molecule has 8 heteroatoms. The van der Waals surface area contributed by atoms with Gasteiger partial charge in [0, 0.05) is 24.8 Å². The summed E-state index contributed by atoms with van der Waals surface area (Å²) in [4.78, 5) is 12.4. The number of amides is 1. The van der Waals surface area contributed by atoms with Gasteiger partial charge in [0.15, 0.2) is 5.69 Å². The van der Waals surface area contributed by atoms with Gasteiger partial charge in [-0.1, -0.05) is 0 Å². The Morgan fingerprint density at radius 2 is 2.11 bits per heavy atom. The van der Waals surface area contributed by atoms with Crippen LogP contribution in [-0.2, 0) is 4.74 Å². The molecular formula is C19H25ClN4O3. The minimum absolute atomic E-state index is 0. The van der Waals surface area contributed by atoms with Crippen molar-refractivity contribution in [3.05, 3.63) is 42.2 Å². The van der Waals surface area contributed by atoms with Crippen molar-refractivity contribution >= 4 is 24.0 Å². The molecule has 7 nitrogen and oxygen atoms in total. The first kappa shape index (κ1) is 19.7. The van der Waals surface area contributed by atoms with Crippen LogP contribution in [0.1, 0.15) is 35.8 Å². The summed E-state index contributed by atoms with van der Waals surface area (Å²) in [6.45, 7) is 3.34. The SMILES string of the molecule is Cl.O=C(Nc1ccc(OC2CCOC2)cc1)c1ccn(C2CCCNC2)n1. The van der Waals surface area contributed by atoms with Crippen molar-refractivity contribution in [1.82, 2.24) is 15.1 Å². The van der Waals surface area contributed by atoms with Crippen molar-refractivity contribution < 1.29 is 14.3 Å². The number of carbonyl (C=O) groups excluding carboxylic acids is 1. The van der Waals surface area contributed by atoms with Crippen molar-refractivity contribution in [1.29, 1.82) is 0 Å². The summed E-state index contributed by atoms with van der Waals surface area (Å²) in [5, 5.41) is 10.7. The molecule has 146 valence electrons. The third-order valence-electron chi connectivity index (χ3n) is 4.79. The maximum atomic E-state index is 12.4. The largest absolute Gasteiger partial charge is 0.488 e. The number of nitrogens with one attached hydrogen (secondary N) is 2. The fraction of sp³-hybridized carbons (Fsp3) is 0.474. The van der Waals surface area contributed by atoms with Crippen molar-refractivity contribution in [3.8, 4) is 5.75 Å². The van der Waals surface area contributed by atoms with Crippen LogP contribution < -0.4 is 15.4 Å². The van der Waals surface area contributed by atoms with E-state index < -0.39 is 0 Å². The van der Waals surface area contributed by atoms with Gasteiger partial charge < -0.3 is 20.1 Å². The molecule has 3 heterocycles. The van der Waals surface area contributed by atoms with E-state index in [1.165, 1.54) is 0 Å². The second-order valence-electron chi connectivity index (χ2n) is 6.76. The molecule has 0 bridgehead atoms. The lowest BCUT2D eigenvalue weighted by atomic mass is 10.1. The van der Waals surface area contributed by atoms with Crippen molar-refractivity contribution in [2.75, 3.05) is 31.6 Å². The Morgan fingerprint density at radius 3 is 2.81 bits per heavy atom. The zero-order valence-electron chi connectivity index (χ0n) is 15.1. The molecule has 0 radical (unpaired) electrons. The Morgan fingerprint density at radius 1 is 1.26 bits per heavy atom. The molecule has 4 rings (SSSR count). The summed E-state index contributed by atoms with van der Waals surface area (Å²) in [6.07, 6.45) is 5.13. The Bertz CT molecular complexity index is 738. The van der Waals surface area contributed by atoms with Crippen molar-refractivity contribution in [3.63, 3.8) is 0 Å². The van der Waals surface area contributed by atoms with Gasteiger partial charge in [-0.05, 0) is 49.7 Å². The van der Waals surface area contributed by atoms with E-state index >= 15 is 0 Å². The molecule has 2 aliphatic rings. The lowest BCUT2D eigenvalue weighted by Gasteiger charge is -2.22. The molecule has 2 aliphatic heterocycles. The molecule has 2 saturated heterocycles. The first-order chi connectivity index (χ1) is 12.8. The fourth-order valence-corrected chi connectivity index (χ4v) is 3.33. The molecule has 2 aromatic rings. The van der Waals surface area contributed by atoms with Crippen LogP contribution in [-0.4, -0.2) is 48.1 Å². The minimum atomic E-state index is -0.203. The predicted molar refractivity (Wildman–Crippen MR) is 105 cm³/mol. The van der Waals surface area contributed by atoms with Crippen LogP contribution in [0, 0.1) is 0 Å². The van der Waals surface area contributed by atoms with E-state index in [2.05, 4.69) is 15.7 Å². The quantitative estimate of drug-likeness (QED) is 0.818. The topological polar surface area (TPSA) is 77.4 Å². The highest BCUT2D eigenvalue weighted by atomic mass is 35.5. The number of hydrogen-bond acceptors (Lipinski definition) is 5. The minimum Gasteiger partial charge on any atom is -0.488 e. The number of benzene rings is 1. The van der Waals surface area contributed by atoms with E-state index in [0.717, 1.165) is 50.4 Å². The Hall–Kier alpha value is -2.09. The number of rotatable bonds is 5. The molecule has 0 aliphatic carbocycles. The van der Waals surface area contributed by atoms with Gasteiger partial charge in [-0.2, -0.15) is 5.10 Å². The molecule has 27 heavy (non-hydrogen) atoms. The van der Waals surface area contributed by atoms with Gasteiger partial charge in [-0.25, -0.2) is 0 Å². The van der Waals surface area contributed by atoms with Gasteiger partial charge in [-0.15, -0.1) is 12.4 Å². The van der Waals surface area contributed by atoms with Gasteiger partial charge in [0.05, 0.1) is 19.3 Å². The second-order valence-corrected chi connectivity index (χ2v) is 6.76. The van der Waals surface area contributed by atoms with Gasteiger partial charge in [0.25, 0.3) is 5.91 Å². The Kier molecular flexibility index (Phi) is 6.71. The van der Waals surface area contributed by atoms with Crippen LogP contribution in [0.3, 0.4) is 0 Å². The van der Waals surface area contributed by atoms with Crippen molar-refractivity contribution in [2.45, 2.75) is 31.4 Å². The summed E-state index contributed by atoms with van der Waals surface area (Å²) in [5.41, 5.74) is 1.15. The summed E-state index contributed by atoms with van der Waals surface area (Å²) in [7, 11) is 0. The first-order valence-electron chi connectivity index (χ1n) is 9.19. The van der Waals surface area contributed by atoms with E-state index in [9.17, 15) is 4.79 Å². The van der Waals surface area contributed by atoms with Gasteiger partial charge in [0.1, 0.15) is 11.9 Å². The van der Waals surface area contributed by atoms with E-state index in [4.69, 9.17) is 9.47 Å². The fourth-order valence-electron chi connectivity index (χ4n) is 3.33. The molecule has 1 amide bonds. The normalized spacial score (nSPS) is 22.1. The standard InChI is InChI=1S/C19H24N4O3.ClH/c24-19(18-7-10-23(22-18)15-2-1-9-20-12-15)21-14-3-5-16(6-4-14)26-17-8-11-25-13-17;/h3-7,10,15,17,20H,1-2,8-9,11-13H2,(H,21,24);1H. The summed E-state index contributed by atoms with van der Waals surface area (Å²) in [6, 6.07) is 9.49. The van der Waals surface area contributed by atoms with Crippen LogP contribution in [0.5, 0.6) is 5.75 Å². The summed E-state index contributed by atoms with van der Waals surface area (Å²) in [5.74, 6) is 0.581. The molecule has 0 spiro atoms. The number of ether oxygens (including phenoxy) is 2. The van der Waals surface area contributed by atoms with Crippen LogP contribution in [0.25, 0.3) is 0 Å². The number of halogens is 1. The number of anilines is 1. The molecule has 1 aromatic carbocycles. The van der Waals surface area contributed by atoms with E-state index in [1.807, 2.05) is 35.1 Å². The average molecular weight is 393 g/mol. The molecule has 2 N–H and O–H groups in total. The molecule has 2 unspecified atom stereocenters. The number of nitrogens with zero attached hydrogens (tertiary/aromatic N) is 2. The first-order valence-corrected chi connectivity index (χ1v) is 9.19. The molecular weight excluding hydrogens is 368 g/mol. The highest BCUT2D eigenvalue weighted by Gasteiger charge is 2.19. The summed E-state index contributed by atoms with van der Waals surface area (Å²) >= 11 is 0. The third kappa shape index (κ3) is 5.00. The molecule has 2 atom stereocenters. The third-order valence-corrected chi connectivity index (χ3v) is 4.79. The average Bonchev–Trinajstić information content (AvgIpc) is 3.36. The zero-order valence-corrected chi connectivity index (χ0v) is 15.9. The lowest BCUT2D eigenvalue weighted by molar-refractivity contribution is 0.102. The molecule has 0 saturated carbocycles. The lowest BCUT2D eigenvalue weighted by Crippen LogP contribution is -2.32. The smallest absolute Gasteiger partial charge is 0.276 e. The van der Waals surface area contributed by atoms with E-state index in [0.29, 0.717) is 18.3 Å². The highest BCUT2D eigenvalue weighted by Crippen LogP contribution is 2.20. The maximum absolute atomic E-state index is 12.4. The van der Waals surface area contributed by atoms with Crippen LogP contribution in [0.15, 0.2) is 36.5 Å². The molecule has 1 aromatic heterocycles. The maximum Gasteiger partial charge on any atom is 0.276 e.